The summed E-state index contributed by atoms with van der Waals surface area (Å²) in [5.41, 5.74) is 5.45. The fourth-order valence-electron chi connectivity index (χ4n) is 3.36. The smallest absolute Gasteiger partial charge is 0.160 e. The van der Waals surface area contributed by atoms with Crippen molar-refractivity contribution >= 4 is 35.0 Å². The first-order valence-electron chi connectivity index (χ1n) is 8.35. The third-order valence-electron chi connectivity index (χ3n) is 4.63. The Morgan fingerprint density at radius 1 is 1.22 bits per heavy atom. The highest BCUT2D eigenvalue weighted by Crippen LogP contribution is 2.32. The molecule has 0 aliphatic carbocycles. The van der Waals surface area contributed by atoms with E-state index in [9.17, 15) is 0 Å². The van der Waals surface area contributed by atoms with Gasteiger partial charge in [-0.2, -0.15) is 5.10 Å². The van der Waals surface area contributed by atoms with Crippen LogP contribution in [0.5, 0.6) is 0 Å². The Balaban J connectivity index is 0.00000180. The van der Waals surface area contributed by atoms with Crippen LogP contribution in [0.1, 0.15) is 22.8 Å². The zero-order chi connectivity index (χ0) is 17.7. The maximum absolute atomic E-state index is 4.87. The number of hydrogen-bond acceptors (Lipinski definition) is 4. The minimum atomic E-state index is 0. The van der Waals surface area contributed by atoms with Crippen LogP contribution in [0, 0.1) is 10.5 Å². The van der Waals surface area contributed by atoms with Gasteiger partial charge in [0.2, 0.25) is 0 Å². The van der Waals surface area contributed by atoms with Gasteiger partial charge >= 0.3 is 0 Å². The van der Waals surface area contributed by atoms with Crippen LogP contribution < -0.4 is 0 Å². The van der Waals surface area contributed by atoms with Crippen LogP contribution >= 0.6 is 35.0 Å². The Bertz CT molecular complexity index is 1120. The maximum atomic E-state index is 4.87. The van der Waals surface area contributed by atoms with Crippen LogP contribution in [-0.4, -0.2) is 29.3 Å². The highest BCUT2D eigenvalue weighted by Gasteiger charge is 2.24. The van der Waals surface area contributed by atoms with Gasteiger partial charge in [-0.05, 0) is 59.3 Å². The Kier molecular flexibility index (Phi) is 4.73. The lowest BCUT2D eigenvalue weighted by molar-refractivity contribution is 0.664. The molecule has 1 aliphatic rings. The molecule has 0 saturated heterocycles. The first kappa shape index (κ1) is 18.1. The summed E-state index contributed by atoms with van der Waals surface area (Å²) >= 11 is 2.34. The summed E-state index contributed by atoms with van der Waals surface area (Å²) in [7, 11) is 0. The molecule has 0 bridgehead atoms. The van der Waals surface area contributed by atoms with Crippen LogP contribution in [0.25, 0.3) is 17.1 Å². The van der Waals surface area contributed by atoms with Crippen molar-refractivity contribution in [3.63, 3.8) is 0 Å². The Hall–Kier alpha value is -2.26. The number of pyridine rings is 1. The predicted octanol–water partition coefficient (Wildman–Crippen LogP) is 3.81. The Morgan fingerprint density at radius 3 is 2.93 bits per heavy atom. The first-order chi connectivity index (χ1) is 12.7. The molecule has 0 amide bonds. The molecule has 0 saturated carbocycles. The predicted molar refractivity (Wildman–Crippen MR) is 113 cm³/mol. The molecule has 0 radical (unpaired) electrons. The van der Waals surface area contributed by atoms with Gasteiger partial charge in [0.15, 0.2) is 11.6 Å². The molecule has 4 heterocycles. The monoisotopic (exact) mass is 490 g/mol. The van der Waals surface area contributed by atoms with E-state index >= 15 is 0 Å². The molecule has 4 aromatic rings. The Labute approximate surface area is 176 Å². The quantitative estimate of drug-likeness (QED) is 0.353. The lowest BCUT2D eigenvalue weighted by Crippen LogP contribution is -2.06. The van der Waals surface area contributed by atoms with Gasteiger partial charge in [-0.15, -0.1) is 12.4 Å². The van der Waals surface area contributed by atoms with E-state index in [1.54, 1.807) is 6.20 Å². The molecule has 27 heavy (non-hydrogen) atoms. The standard InChI is InChI=1S/C19H15IN6.ClH/c1-12-17-10-26-19(23-18(24-26)7-13-3-2-6-21-9-13)15-8-14(20)4-5-16(15)25(17)11-22-12;/h2-6,8-9,11H,7,10H2,1H3;1H. The van der Waals surface area contributed by atoms with Crippen molar-refractivity contribution in [2.24, 2.45) is 0 Å². The summed E-state index contributed by atoms with van der Waals surface area (Å²) in [6.07, 6.45) is 6.20. The molecule has 0 atom stereocenters. The molecule has 3 aromatic heterocycles. The van der Waals surface area contributed by atoms with Crippen molar-refractivity contribution in [2.45, 2.75) is 19.9 Å². The molecule has 5 rings (SSSR count). The zero-order valence-electron chi connectivity index (χ0n) is 14.5. The second-order valence-electron chi connectivity index (χ2n) is 6.36. The largest absolute Gasteiger partial charge is 0.300 e. The number of benzene rings is 1. The third kappa shape index (κ3) is 3.14. The van der Waals surface area contributed by atoms with E-state index < -0.39 is 0 Å². The van der Waals surface area contributed by atoms with E-state index in [-0.39, 0.29) is 12.4 Å². The van der Waals surface area contributed by atoms with E-state index in [1.807, 2.05) is 30.2 Å². The topological polar surface area (TPSA) is 61.4 Å². The lowest BCUT2D eigenvalue weighted by Gasteiger charge is -2.08. The van der Waals surface area contributed by atoms with Crippen molar-refractivity contribution in [3.8, 4) is 17.1 Å². The highest BCUT2D eigenvalue weighted by molar-refractivity contribution is 14.1. The van der Waals surface area contributed by atoms with Crippen LogP contribution in [0.15, 0.2) is 49.1 Å². The minimum Gasteiger partial charge on any atom is -0.300 e. The average Bonchev–Trinajstić information content (AvgIpc) is 3.17. The molecule has 0 fully saturated rings. The normalized spacial score (nSPS) is 11.8. The first-order valence-corrected chi connectivity index (χ1v) is 9.42. The summed E-state index contributed by atoms with van der Waals surface area (Å²) in [4.78, 5) is 13.6. The molecule has 136 valence electrons. The molecule has 1 aromatic carbocycles. The van der Waals surface area contributed by atoms with Crippen molar-refractivity contribution in [1.82, 2.24) is 29.3 Å². The number of rotatable bonds is 2. The molecule has 8 heteroatoms. The van der Waals surface area contributed by atoms with Crippen molar-refractivity contribution < 1.29 is 0 Å². The van der Waals surface area contributed by atoms with E-state index in [4.69, 9.17) is 10.1 Å². The number of aromatic nitrogens is 6. The van der Waals surface area contributed by atoms with Crippen molar-refractivity contribution in [3.05, 3.63) is 75.4 Å². The van der Waals surface area contributed by atoms with Crippen LogP contribution in [0.4, 0.5) is 0 Å². The number of halogens is 2. The number of aryl methyl sites for hydroxylation is 1. The van der Waals surface area contributed by atoms with Crippen molar-refractivity contribution in [1.29, 1.82) is 0 Å². The molecule has 1 aliphatic heterocycles. The van der Waals surface area contributed by atoms with Gasteiger partial charge < -0.3 is 4.57 Å². The van der Waals surface area contributed by atoms with E-state index in [0.717, 1.165) is 39.9 Å². The van der Waals surface area contributed by atoms with Gasteiger partial charge in [0.05, 0.1) is 29.9 Å². The summed E-state index contributed by atoms with van der Waals surface area (Å²) < 4.78 is 5.32. The average molecular weight is 491 g/mol. The number of hydrogen-bond donors (Lipinski definition) is 0. The third-order valence-corrected chi connectivity index (χ3v) is 5.31. The number of imidazole rings is 1. The van der Waals surface area contributed by atoms with Gasteiger partial charge in [-0.1, -0.05) is 6.07 Å². The van der Waals surface area contributed by atoms with Gasteiger partial charge in [0.25, 0.3) is 0 Å². The molecule has 0 unspecified atom stereocenters. The Morgan fingerprint density at radius 2 is 2.11 bits per heavy atom. The summed E-state index contributed by atoms with van der Waals surface area (Å²) in [5, 5.41) is 4.79. The zero-order valence-corrected chi connectivity index (χ0v) is 17.5. The van der Waals surface area contributed by atoms with Gasteiger partial charge in [0.1, 0.15) is 0 Å². The maximum Gasteiger partial charge on any atom is 0.160 e. The molecule has 6 nitrogen and oxygen atoms in total. The van der Waals surface area contributed by atoms with Gasteiger partial charge in [0, 0.05) is 27.9 Å². The SMILES string of the molecule is Cc1ncn2c1Cn1nc(Cc3cccnc3)nc1-c1cc(I)ccc1-2.Cl. The number of fused-ring (bicyclic) bond motifs is 5. The fourth-order valence-corrected chi connectivity index (χ4v) is 3.85. The van der Waals surface area contributed by atoms with Gasteiger partial charge in [-0.3, -0.25) is 4.98 Å². The molecular formula is C19H16ClIN6. The molecule has 0 N–H and O–H groups in total. The highest BCUT2D eigenvalue weighted by atomic mass is 127. The summed E-state index contributed by atoms with van der Waals surface area (Å²) in [5.74, 6) is 1.71. The van der Waals surface area contributed by atoms with Crippen molar-refractivity contribution in [2.75, 3.05) is 0 Å². The molecular weight excluding hydrogens is 475 g/mol. The lowest BCUT2D eigenvalue weighted by atomic mass is 10.1. The minimum absolute atomic E-state index is 0. The second kappa shape index (κ2) is 7.05. The molecule has 0 spiro atoms. The fraction of sp³-hybridized carbons (Fsp3) is 0.158. The van der Waals surface area contributed by atoms with E-state index in [0.29, 0.717) is 13.0 Å². The van der Waals surface area contributed by atoms with E-state index in [2.05, 4.69) is 61.4 Å². The van der Waals surface area contributed by atoms with Crippen LogP contribution in [0.2, 0.25) is 0 Å². The van der Waals surface area contributed by atoms with Crippen LogP contribution in [-0.2, 0) is 13.0 Å². The van der Waals surface area contributed by atoms with E-state index in [1.165, 1.54) is 3.57 Å². The number of nitrogens with zero attached hydrogens (tertiary/aromatic N) is 6. The van der Waals surface area contributed by atoms with Gasteiger partial charge in [-0.25, -0.2) is 14.6 Å². The second-order valence-corrected chi connectivity index (χ2v) is 7.60. The summed E-state index contributed by atoms with van der Waals surface area (Å²) in [6.45, 7) is 2.70. The summed E-state index contributed by atoms with van der Waals surface area (Å²) in [6, 6.07) is 10.4. The van der Waals surface area contributed by atoms with Crippen LogP contribution in [0.3, 0.4) is 0 Å².